The maximum Gasteiger partial charge on any atom is 0.240 e. The van der Waals surface area contributed by atoms with Crippen LogP contribution in [0.4, 0.5) is 0 Å². The van der Waals surface area contributed by atoms with Crippen molar-refractivity contribution in [1.82, 2.24) is 14.8 Å². The van der Waals surface area contributed by atoms with E-state index >= 15 is 0 Å². The molecule has 3 rings (SSSR count). The molecule has 0 aliphatic carbocycles. The molecule has 1 aromatic carbocycles. The van der Waals surface area contributed by atoms with Gasteiger partial charge in [0.1, 0.15) is 0 Å². The molecule has 0 bridgehead atoms. The van der Waals surface area contributed by atoms with Crippen LogP contribution in [0.3, 0.4) is 0 Å². The minimum absolute atomic E-state index is 0.292. The third-order valence-electron chi connectivity index (χ3n) is 5.07. The number of benzene rings is 1. The van der Waals surface area contributed by atoms with Crippen molar-refractivity contribution in [1.29, 1.82) is 0 Å². The molecule has 148 valence electrons. The molecule has 1 fully saturated rings. The van der Waals surface area contributed by atoms with Crippen molar-refractivity contribution in [2.75, 3.05) is 26.2 Å². The van der Waals surface area contributed by atoms with Gasteiger partial charge in [-0.15, -0.1) is 0 Å². The molecule has 2 aromatic rings. The SMILES string of the molecule is Cc1cc(-c2ccc(C)c(S(=O)(=O)NCCCN3CCCC(C)C3)c2)on1. The van der Waals surface area contributed by atoms with Crippen molar-refractivity contribution < 1.29 is 12.9 Å². The number of rotatable bonds is 7. The molecular formula is C20H29N3O3S. The Morgan fingerprint density at radius 3 is 2.81 bits per heavy atom. The molecule has 2 heterocycles. The van der Waals surface area contributed by atoms with Crippen LogP contribution in [0.15, 0.2) is 33.7 Å². The Hall–Kier alpha value is -1.70. The number of nitrogens with zero attached hydrogens (tertiary/aromatic N) is 2. The summed E-state index contributed by atoms with van der Waals surface area (Å²) in [6.07, 6.45) is 3.34. The van der Waals surface area contributed by atoms with Gasteiger partial charge in [0.15, 0.2) is 5.76 Å². The lowest BCUT2D eigenvalue weighted by molar-refractivity contribution is 0.182. The predicted molar refractivity (Wildman–Crippen MR) is 106 cm³/mol. The lowest BCUT2D eigenvalue weighted by atomic mass is 10.0. The fraction of sp³-hybridized carbons (Fsp3) is 0.550. The molecule has 1 aliphatic rings. The van der Waals surface area contributed by atoms with Gasteiger partial charge in [0.2, 0.25) is 10.0 Å². The summed E-state index contributed by atoms with van der Waals surface area (Å²) in [5.41, 5.74) is 2.19. The molecule has 1 aromatic heterocycles. The molecule has 27 heavy (non-hydrogen) atoms. The molecule has 1 aliphatic heterocycles. The standard InChI is InChI=1S/C20H29N3O3S/c1-15-6-4-10-23(14-15)11-5-9-21-27(24,25)20-13-18(8-7-16(20)2)19-12-17(3)22-26-19/h7-8,12-13,15,21H,4-6,9-11,14H2,1-3H3. The first-order valence-electron chi connectivity index (χ1n) is 9.61. The molecule has 1 N–H and O–H groups in total. The molecular weight excluding hydrogens is 362 g/mol. The van der Waals surface area contributed by atoms with E-state index in [-0.39, 0.29) is 0 Å². The molecule has 0 spiro atoms. The van der Waals surface area contributed by atoms with Gasteiger partial charge in [0.25, 0.3) is 0 Å². The Morgan fingerprint density at radius 2 is 2.11 bits per heavy atom. The van der Waals surface area contributed by atoms with Crippen LogP contribution in [0.1, 0.15) is 37.4 Å². The Bertz CT molecular complexity index is 876. The fourth-order valence-corrected chi connectivity index (χ4v) is 4.96. The van der Waals surface area contributed by atoms with Crippen molar-refractivity contribution in [3.63, 3.8) is 0 Å². The highest BCUT2D eigenvalue weighted by Gasteiger charge is 2.19. The van der Waals surface area contributed by atoms with Gasteiger partial charge in [0.05, 0.1) is 10.6 Å². The second-order valence-electron chi connectivity index (χ2n) is 7.61. The minimum Gasteiger partial charge on any atom is -0.356 e. The number of likely N-dealkylation sites (tertiary alicyclic amines) is 1. The quantitative estimate of drug-likeness (QED) is 0.733. The van der Waals surface area contributed by atoms with E-state index in [1.165, 1.54) is 12.8 Å². The normalized spacial score (nSPS) is 18.7. The highest BCUT2D eigenvalue weighted by atomic mass is 32.2. The number of nitrogens with one attached hydrogen (secondary N) is 1. The van der Waals surface area contributed by atoms with E-state index in [9.17, 15) is 8.42 Å². The van der Waals surface area contributed by atoms with Crippen molar-refractivity contribution in [2.45, 2.75) is 44.9 Å². The zero-order valence-corrected chi connectivity index (χ0v) is 17.2. The smallest absolute Gasteiger partial charge is 0.240 e. The number of hydrogen-bond acceptors (Lipinski definition) is 5. The largest absolute Gasteiger partial charge is 0.356 e. The second kappa shape index (κ2) is 8.54. The number of piperidine rings is 1. The van der Waals surface area contributed by atoms with Crippen LogP contribution < -0.4 is 4.72 Å². The molecule has 1 saturated heterocycles. The molecule has 6 nitrogen and oxygen atoms in total. The zero-order valence-electron chi connectivity index (χ0n) is 16.4. The predicted octanol–water partition coefficient (Wildman–Crippen LogP) is 3.36. The highest BCUT2D eigenvalue weighted by Crippen LogP contribution is 2.25. The Labute approximate surface area is 162 Å². The molecule has 0 radical (unpaired) electrons. The topological polar surface area (TPSA) is 75.4 Å². The van der Waals surface area contributed by atoms with Crippen molar-refractivity contribution in [3.05, 3.63) is 35.5 Å². The second-order valence-corrected chi connectivity index (χ2v) is 9.35. The number of aryl methyl sites for hydroxylation is 2. The lowest BCUT2D eigenvalue weighted by Gasteiger charge is -2.30. The maximum absolute atomic E-state index is 12.8. The summed E-state index contributed by atoms with van der Waals surface area (Å²) in [5.74, 6) is 1.31. The Balaban J connectivity index is 1.62. The zero-order chi connectivity index (χ0) is 19.4. The van der Waals surface area contributed by atoms with Gasteiger partial charge in [-0.1, -0.05) is 24.2 Å². The molecule has 0 amide bonds. The summed E-state index contributed by atoms with van der Waals surface area (Å²) in [6.45, 7) is 9.53. The summed E-state index contributed by atoms with van der Waals surface area (Å²) in [6, 6.07) is 7.11. The van der Waals surface area contributed by atoms with Crippen LogP contribution in [-0.4, -0.2) is 44.7 Å². The summed E-state index contributed by atoms with van der Waals surface area (Å²) >= 11 is 0. The van der Waals surface area contributed by atoms with Crippen LogP contribution in [0.5, 0.6) is 0 Å². The van der Waals surface area contributed by atoms with Gasteiger partial charge in [-0.2, -0.15) is 0 Å². The van der Waals surface area contributed by atoms with Crippen LogP contribution in [0.2, 0.25) is 0 Å². The van der Waals surface area contributed by atoms with E-state index in [0.29, 0.717) is 28.3 Å². The number of aromatic nitrogens is 1. The van der Waals surface area contributed by atoms with E-state index < -0.39 is 10.0 Å². The Morgan fingerprint density at radius 1 is 1.30 bits per heavy atom. The third kappa shape index (κ3) is 5.18. The fourth-order valence-electron chi connectivity index (χ4n) is 3.62. The number of sulfonamides is 1. The first kappa shape index (κ1) is 20.0. The van der Waals surface area contributed by atoms with Gasteiger partial charge in [-0.05, 0) is 63.7 Å². The van der Waals surface area contributed by atoms with E-state index in [0.717, 1.165) is 37.7 Å². The summed E-state index contributed by atoms with van der Waals surface area (Å²) in [4.78, 5) is 2.72. The summed E-state index contributed by atoms with van der Waals surface area (Å²) < 4.78 is 33.6. The van der Waals surface area contributed by atoms with Crippen molar-refractivity contribution in [3.8, 4) is 11.3 Å². The van der Waals surface area contributed by atoms with Gasteiger partial charge < -0.3 is 9.42 Å². The summed E-state index contributed by atoms with van der Waals surface area (Å²) in [5, 5.41) is 3.87. The van der Waals surface area contributed by atoms with Crippen molar-refractivity contribution in [2.24, 2.45) is 5.92 Å². The van der Waals surface area contributed by atoms with Crippen LogP contribution >= 0.6 is 0 Å². The molecule has 7 heteroatoms. The maximum atomic E-state index is 12.8. The minimum atomic E-state index is -3.56. The summed E-state index contributed by atoms with van der Waals surface area (Å²) in [7, 11) is -3.56. The van der Waals surface area contributed by atoms with Crippen LogP contribution in [0.25, 0.3) is 11.3 Å². The average Bonchev–Trinajstić information content (AvgIpc) is 3.05. The van der Waals surface area contributed by atoms with Crippen molar-refractivity contribution >= 4 is 10.0 Å². The average molecular weight is 392 g/mol. The first-order chi connectivity index (χ1) is 12.8. The molecule has 0 saturated carbocycles. The van der Waals surface area contributed by atoms with Gasteiger partial charge in [-0.3, -0.25) is 0 Å². The number of hydrogen-bond donors (Lipinski definition) is 1. The molecule has 1 atom stereocenters. The van der Waals surface area contributed by atoms with E-state index in [1.54, 1.807) is 25.1 Å². The van der Waals surface area contributed by atoms with E-state index in [1.807, 2.05) is 13.0 Å². The van der Waals surface area contributed by atoms with E-state index in [4.69, 9.17) is 4.52 Å². The van der Waals surface area contributed by atoms with Crippen LogP contribution in [0, 0.1) is 19.8 Å². The van der Waals surface area contributed by atoms with E-state index in [2.05, 4.69) is 21.7 Å². The third-order valence-corrected chi connectivity index (χ3v) is 6.68. The van der Waals surface area contributed by atoms with Gasteiger partial charge in [0, 0.05) is 24.7 Å². The highest BCUT2D eigenvalue weighted by molar-refractivity contribution is 7.89. The van der Waals surface area contributed by atoms with Crippen LogP contribution in [-0.2, 0) is 10.0 Å². The Kier molecular flexibility index (Phi) is 6.34. The molecule has 1 unspecified atom stereocenters. The lowest BCUT2D eigenvalue weighted by Crippen LogP contribution is -2.36. The first-order valence-corrected chi connectivity index (χ1v) is 11.1. The monoisotopic (exact) mass is 391 g/mol. The van der Waals surface area contributed by atoms with Gasteiger partial charge in [-0.25, -0.2) is 13.1 Å². The van der Waals surface area contributed by atoms with Gasteiger partial charge >= 0.3 is 0 Å².